The second-order valence-corrected chi connectivity index (χ2v) is 8.31. The van der Waals surface area contributed by atoms with E-state index in [2.05, 4.69) is 37.1 Å². The second-order valence-electron chi connectivity index (χ2n) is 8.31. The van der Waals surface area contributed by atoms with E-state index < -0.39 is 11.6 Å². The minimum atomic E-state index is -0.852. The van der Waals surface area contributed by atoms with Crippen LogP contribution < -0.4 is 19.5 Å². The largest absolute Gasteiger partial charge is 0.494 e. The first-order chi connectivity index (χ1) is 17.5. The van der Waals surface area contributed by atoms with E-state index >= 15 is 0 Å². The van der Waals surface area contributed by atoms with Gasteiger partial charge in [0, 0.05) is 45.0 Å². The molecule has 0 atom stereocenters. The van der Waals surface area contributed by atoms with Gasteiger partial charge in [0.2, 0.25) is 5.95 Å². The van der Waals surface area contributed by atoms with E-state index in [9.17, 15) is 8.78 Å². The highest BCUT2D eigenvalue weighted by molar-refractivity contribution is 5.50. The zero-order valence-electron chi connectivity index (χ0n) is 20.7. The molecule has 194 valence electrons. The van der Waals surface area contributed by atoms with Crippen LogP contribution in [-0.2, 0) is 13.2 Å². The Hall–Kier alpha value is -3.51. The Morgan fingerprint density at radius 1 is 0.917 bits per heavy atom. The number of anilines is 2. The molecule has 3 heterocycles. The van der Waals surface area contributed by atoms with Crippen LogP contribution in [0.5, 0.6) is 17.2 Å². The van der Waals surface area contributed by atoms with Gasteiger partial charge in [0.05, 0.1) is 50.6 Å². The summed E-state index contributed by atoms with van der Waals surface area (Å²) in [6.45, 7) is 9.02. The predicted octanol–water partition coefficient (Wildman–Crippen LogP) is 2.93. The van der Waals surface area contributed by atoms with E-state index in [1.165, 1.54) is 26.6 Å². The molecule has 4 rings (SSSR count). The van der Waals surface area contributed by atoms with Gasteiger partial charge >= 0.3 is 0 Å². The highest BCUT2D eigenvalue weighted by atomic mass is 19.1. The molecule has 1 N–H and O–H groups in total. The lowest BCUT2D eigenvalue weighted by Crippen LogP contribution is -2.46. The van der Waals surface area contributed by atoms with Crippen LogP contribution in [0.2, 0.25) is 0 Å². The zero-order chi connectivity index (χ0) is 25.5. The summed E-state index contributed by atoms with van der Waals surface area (Å²) in [6.07, 6.45) is 6.45. The number of hydrogen-bond donors (Lipinski definition) is 1. The number of nitrogens with one attached hydrogen (secondary N) is 1. The number of nitrogens with zero attached hydrogens (tertiary/aromatic N) is 6. The number of rotatable bonds is 11. The third-order valence-electron chi connectivity index (χ3n) is 6.12. The van der Waals surface area contributed by atoms with Crippen molar-refractivity contribution in [3.8, 4) is 17.2 Å². The highest BCUT2D eigenvalue weighted by Gasteiger charge is 2.21. The van der Waals surface area contributed by atoms with Gasteiger partial charge in [-0.25, -0.2) is 18.7 Å². The molecule has 1 saturated heterocycles. The van der Waals surface area contributed by atoms with Crippen molar-refractivity contribution in [2.24, 2.45) is 0 Å². The first-order valence-electron chi connectivity index (χ1n) is 11.8. The van der Waals surface area contributed by atoms with E-state index in [1.807, 2.05) is 10.9 Å². The van der Waals surface area contributed by atoms with Crippen molar-refractivity contribution in [2.45, 2.75) is 20.1 Å². The van der Waals surface area contributed by atoms with Gasteiger partial charge in [0.25, 0.3) is 0 Å². The van der Waals surface area contributed by atoms with Gasteiger partial charge in [-0.05, 0) is 6.54 Å². The summed E-state index contributed by atoms with van der Waals surface area (Å²) in [5.41, 5.74) is 0.445. The van der Waals surface area contributed by atoms with Crippen LogP contribution in [0.3, 0.4) is 0 Å². The molecular formula is C24H31F2N7O3. The number of hydrogen-bond acceptors (Lipinski definition) is 9. The van der Waals surface area contributed by atoms with Gasteiger partial charge in [-0.1, -0.05) is 6.92 Å². The number of methoxy groups -OCH3 is 2. The minimum absolute atomic E-state index is 0.137. The fraction of sp³-hybridized carbons (Fsp3) is 0.458. The standard InChI is InChI=1S/C24H31F2N7O3/c1-4-31-5-7-32(8-6-31)9-10-33-15-17(12-29-33)30-24-27-13-18(14-28-24)36-16-19-22(25)20(34-2)11-21(35-3)23(19)26/h11-15H,4-10,16H2,1-3H3,(H,27,28,30). The topological polar surface area (TPSA) is 89.8 Å². The fourth-order valence-electron chi connectivity index (χ4n) is 3.93. The lowest BCUT2D eigenvalue weighted by atomic mass is 10.1. The first kappa shape index (κ1) is 25.6. The molecule has 1 aliphatic heterocycles. The summed E-state index contributed by atoms with van der Waals surface area (Å²) < 4.78 is 46.3. The molecule has 0 aliphatic carbocycles. The molecule has 0 bridgehead atoms. The van der Waals surface area contributed by atoms with Crippen LogP contribution >= 0.6 is 0 Å². The first-order valence-corrected chi connectivity index (χ1v) is 11.8. The lowest BCUT2D eigenvalue weighted by Gasteiger charge is -2.33. The molecule has 1 aromatic carbocycles. The van der Waals surface area contributed by atoms with Crippen molar-refractivity contribution in [3.63, 3.8) is 0 Å². The monoisotopic (exact) mass is 503 g/mol. The quantitative estimate of drug-likeness (QED) is 0.424. The van der Waals surface area contributed by atoms with Gasteiger partial charge in [-0.15, -0.1) is 0 Å². The van der Waals surface area contributed by atoms with Crippen molar-refractivity contribution in [1.82, 2.24) is 29.5 Å². The van der Waals surface area contributed by atoms with Crippen molar-refractivity contribution in [2.75, 3.05) is 58.8 Å². The Kier molecular flexibility index (Phi) is 8.49. The number of halogens is 2. The summed E-state index contributed by atoms with van der Waals surface area (Å²) in [5, 5.41) is 7.49. The summed E-state index contributed by atoms with van der Waals surface area (Å²) in [5.74, 6) is -1.38. The summed E-state index contributed by atoms with van der Waals surface area (Å²) in [4.78, 5) is 13.3. The van der Waals surface area contributed by atoms with E-state index in [0.29, 0.717) is 5.95 Å². The second kappa shape index (κ2) is 12.0. The number of ether oxygens (including phenoxy) is 3. The van der Waals surface area contributed by atoms with Crippen LogP contribution in [-0.4, -0.2) is 83.0 Å². The van der Waals surface area contributed by atoms with E-state index in [-0.39, 0.29) is 29.4 Å². The van der Waals surface area contributed by atoms with Gasteiger partial charge in [0.15, 0.2) is 28.9 Å². The Bertz CT molecular complexity index is 1110. The van der Waals surface area contributed by atoms with Crippen LogP contribution in [0.1, 0.15) is 12.5 Å². The molecule has 10 nitrogen and oxygen atoms in total. The predicted molar refractivity (Wildman–Crippen MR) is 130 cm³/mol. The average Bonchev–Trinajstić information content (AvgIpc) is 3.36. The molecule has 0 saturated carbocycles. The van der Waals surface area contributed by atoms with Crippen LogP contribution in [0, 0.1) is 11.6 Å². The van der Waals surface area contributed by atoms with Gasteiger partial charge in [-0.2, -0.15) is 5.10 Å². The third kappa shape index (κ3) is 6.18. The molecule has 0 unspecified atom stereocenters. The zero-order valence-corrected chi connectivity index (χ0v) is 20.7. The van der Waals surface area contributed by atoms with E-state index in [4.69, 9.17) is 14.2 Å². The van der Waals surface area contributed by atoms with Crippen molar-refractivity contribution in [3.05, 3.63) is 48.1 Å². The van der Waals surface area contributed by atoms with Gasteiger partial charge < -0.3 is 24.4 Å². The van der Waals surface area contributed by atoms with Gasteiger partial charge in [-0.3, -0.25) is 9.58 Å². The number of aromatic nitrogens is 4. The number of likely N-dealkylation sites (N-methyl/N-ethyl adjacent to an activating group) is 1. The van der Waals surface area contributed by atoms with Crippen LogP contribution in [0.4, 0.5) is 20.4 Å². The maximum absolute atomic E-state index is 14.5. The maximum atomic E-state index is 14.5. The average molecular weight is 504 g/mol. The van der Waals surface area contributed by atoms with Crippen LogP contribution in [0.25, 0.3) is 0 Å². The SMILES string of the molecule is CCN1CCN(CCn2cc(Nc3ncc(OCc4c(F)c(OC)cc(OC)c4F)cn3)cn2)CC1. The minimum Gasteiger partial charge on any atom is -0.494 e. The molecule has 1 fully saturated rings. The lowest BCUT2D eigenvalue weighted by molar-refractivity contribution is 0.133. The smallest absolute Gasteiger partial charge is 0.227 e. The molecule has 0 radical (unpaired) electrons. The Labute approximate surface area is 208 Å². The van der Waals surface area contributed by atoms with Crippen LogP contribution in [0.15, 0.2) is 30.9 Å². The van der Waals surface area contributed by atoms with Crippen molar-refractivity contribution >= 4 is 11.6 Å². The highest BCUT2D eigenvalue weighted by Crippen LogP contribution is 2.32. The Morgan fingerprint density at radius 3 is 2.17 bits per heavy atom. The molecular weight excluding hydrogens is 472 g/mol. The molecule has 3 aromatic rings. The molecule has 2 aromatic heterocycles. The fourth-order valence-corrected chi connectivity index (χ4v) is 3.93. The molecule has 12 heteroatoms. The van der Waals surface area contributed by atoms with Gasteiger partial charge in [0.1, 0.15) is 6.61 Å². The van der Waals surface area contributed by atoms with E-state index in [1.54, 1.807) is 6.20 Å². The summed E-state index contributed by atoms with van der Waals surface area (Å²) in [6, 6.07) is 1.15. The van der Waals surface area contributed by atoms with E-state index in [0.717, 1.165) is 57.6 Å². The molecule has 1 aliphatic rings. The third-order valence-corrected chi connectivity index (χ3v) is 6.12. The molecule has 36 heavy (non-hydrogen) atoms. The number of piperazine rings is 1. The summed E-state index contributed by atoms with van der Waals surface area (Å²) in [7, 11) is 2.58. The molecule has 0 spiro atoms. The molecule has 0 amide bonds. The maximum Gasteiger partial charge on any atom is 0.227 e. The van der Waals surface area contributed by atoms with Crippen molar-refractivity contribution in [1.29, 1.82) is 0 Å². The number of benzene rings is 1. The summed E-state index contributed by atoms with van der Waals surface area (Å²) >= 11 is 0. The Balaban J connectivity index is 1.29. The normalized spacial score (nSPS) is 14.6. The Morgan fingerprint density at radius 2 is 1.56 bits per heavy atom. The van der Waals surface area contributed by atoms with Crippen molar-refractivity contribution < 1.29 is 23.0 Å².